The predicted molar refractivity (Wildman–Crippen MR) is 58.2 cm³/mol. The summed E-state index contributed by atoms with van der Waals surface area (Å²) in [6, 6.07) is 9.14. The zero-order valence-electron chi connectivity index (χ0n) is 8.23. The lowest BCUT2D eigenvalue weighted by Crippen LogP contribution is -2.21. The van der Waals surface area contributed by atoms with E-state index in [0.29, 0.717) is 11.3 Å². The standard InChI is InChI=1S/C10H12N2OS/c1-3-14(13)12(2)10-6-4-5-9(7-10)8-11/h4-7H,3H2,1-2H3. The minimum absolute atomic E-state index is 0.577. The SMILES string of the molecule is CCS(=O)N(C)c1cccc(C#N)c1. The van der Waals surface area contributed by atoms with Gasteiger partial charge in [0.05, 0.1) is 17.3 Å². The van der Waals surface area contributed by atoms with Crippen LogP contribution in [0.15, 0.2) is 24.3 Å². The molecule has 4 heteroatoms. The number of hydrogen-bond acceptors (Lipinski definition) is 2. The van der Waals surface area contributed by atoms with Gasteiger partial charge in [0, 0.05) is 12.8 Å². The molecule has 1 rings (SSSR count). The minimum atomic E-state index is -1.01. The molecule has 74 valence electrons. The maximum Gasteiger partial charge on any atom is 0.119 e. The zero-order valence-corrected chi connectivity index (χ0v) is 9.04. The first-order chi connectivity index (χ1) is 6.69. The van der Waals surface area contributed by atoms with E-state index in [1.807, 2.05) is 13.0 Å². The third kappa shape index (κ3) is 2.33. The molecular formula is C10H12N2OS. The van der Waals surface area contributed by atoms with E-state index in [1.54, 1.807) is 29.6 Å². The highest BCUT2D eigenvalue weighted by atomic mass is 32.2. The number of benzene rings is 1. The largest absolute Gasteiger partial charge is 0.295 e. The van der Waals surface area contributed by atoms with Crippen LogP contribution in [0, 0.1) is 11.3 Å². The second-order valence-corrected chi connectivity index (χ2v) is 4.54. The first kappa shape index (κ1) is 10.7. The van der Waals surface area contributed by atoms with Crippen molar-refractivity contribution in [3.8, 4) is 6.07 Å². The summed E-state index contributed by atoms with van der Waals surface area (Å²) in [5.74, 6) is 0.577. The Bertz CT molecular complexity index is 384. The van der Waals surface area contributed by atoms with Crippen molar-refractivity contribution in [2.45, 2.75) is 6.92 Å². The molecule has 0 heterocycles. The van der Waals surface area contributed by atoms with E-state index < -0.39 is 11.0 Å². The van der Waals surface area contributed by atoms with E-state index in [4.69, 9.17) is 5.26 Å². The summed E-state index contributed by atoms with van der Waals surface area (Å²) in [5.41, 5.74) is 1.40. The van der Waals surface area contributed by atoms with Crippen molar-refractivity contribution in [1.82, 2.24) is 0 Å². The van der Waals surface area contributed by atoms with Crippen LogP contribution in [0.1, 0.15) is 12.5 Å². The van der Waals surface area contributed by atoms with Crippen LogP contribution in [-0.4, -0.2) is 17.0 Å². The van der Waals surface area contributed by atoms with Gasteiger partial charge in [-0.1, -0.05) is 13.0 Å². The Balaban J connectivity index is 2.96. The Hall–Kier alpha value is -1.34. The summed E-state index contributed by atoms with van der Waals surface area (Å²) in [6.07, 6.45) is 0. The molecule has 1 atom stereocenters. The highest BCUT2D eigenvalue weighted by molar-refractivity contribution is 7.86. The number of hydrogen-bond donors (Lipinski definition) is 0. The summed E-state index contributed by atoms with van der Waals surface area (Å²) in [4.78, 5) is 0. The third-order valence-corrected chi connectivity index (χ3v) is 3.21. The van der Waals surface area contributed by atoms with Gasteiger partial charge in [-0.25, -0.2) is 4.21 Å². The Morgan fingerprint density at radius 1 is 1.57 bits per heavy atom. The molecule has 0 radical (unpaired) electrons. The molecule has 0 aliphatic heterocycles. The minimum Gasteiger partial charge on any atom is -0.295 e. The van der Waals surface area contributed by atoms with E-state index in [0.717, 1.165) is 5.69 Å². The van der Waals surface area contributed by atoms with E-state index >= 15 is 0 Å². The first-order valence-electron chi connectivity index (χ1n) is 4.31. The van der Waals surface area contributed by atoms with Gasteiger partial charge >= 0.3 is 0 Å². The molecule has 0 saturated carbocycles. The monoisotopic (exact) mass is 208 g/mol. The van der Waals surface area contributed by atoms with Gasteiger partial charge in [-0.15, -0.1) is 0 Å². The molecule has 1 unspecified atom stereocenters. The van der Waals surface area contributed by atoms with Gasteiger partial charge in [-0.2, -0.15) is 5.26 Å². The van der Waals surface area contributed by atoms with Crippen LogP contribution in [0.3, 0.4) is 0 Å². The highest BCUT2D eigenvalue weighted by Crippen LogP contribution is 2.15. The van der Waals surface area contributed by atoms with Crippen molar-refractivity contribution < 1.29 is 4.21 Å². The van der Waals surface area contributed by atoms with Crippen LogP contribution in [0.25, 0.3) is 0 Å². The summed E-state index contributed by atoms with van der Waals surface area (Å²) in [6.45, 7) is 1.86. The number of rotatable bonds is 3. The second-order valence-electron chi connectivity index (χ2n) is 2.77. The Kier molecular flexibility index (Phi) is 3.66. The van der Waals surface area contributed by atoms with E-state index in [2.05, 4.69) is 6.07 Å². The number of nitrogens with zero attached hydrogens (tertiary/aromatic N) is 2. The van der Waals surface area contributed by atoms with E-state index in [9.17, 15) is 4.21 Å². The average Bonchev–Trinajstić information content (AvgIpc) is 2.27. The summed E-state index contributed by atoms with van der Waals surface area (Å²) < 4.78 is 13.1. The fourth-order valence-corrected chi connectivity index (χ4v) is 1.82. The molecule has 0 fully saturated rings. The molecule has 0 amide bonds. The molecule has 0 spiro atoms. The lowest BCUT2D eigenvalue weighted by Gasteiger charge is -2.16. The van der Waals surface area contributed by atoms with Crippen molar-refractivity contribution in [2.75, 3.05) is 17.1 Å². The summed E-state index contributed by atoms with van der Waals surface area (Å²) in [5, 5.41) is 8.70. The maximum atomic E-state index is 11.5. The van der Waals surface area contributed by atoms with Gasteiger partial charge in [0.25, 0.3) is 0 Å². The van der Waals surface area contributed by atoms with Crippen LogP contribution >= 0.6 is 0 Å². The molecule has 1 aromatic carbocycles. The van der Waals surface area contributed by atoms with Gasteiger partial charge < -0.3 is 0 Å². The van der Waals surface area contributed by atoms with Crippen molar-refractivity contribution >= 4 is 16.7 Å². The molecule has 1 aromatic rings. The predicted octanol–water partition coefficient (Wildman–Crippen LogP) is 1.68. The second kappa shape index (κ2) is 4.77. The lowest BCUT2D eigenvalue weighted by molar-refractivity contribution is 0.682. The Morgan fingerprint density at radius 3 is 2.86 bits per heavy atom. The number of nitriles is 1. The first-order valence-corrected chi connectivity index (χ1v) is 5.59. The summed E-state index contributed by atoms with van der Waals surface area (Å²) >= 11 is 0. The van der Waals surface area contributed by atoms with E-state index in [-0.39, 0.29) is 0 Å². The number of anilines is 1. The molecule has 0 aromatic heterocycles. The fraction of sp³-hybridized carbons (Fsp3) is 0.300. The molecule has 0 bridgehead atoms. The average molecular weight is 208 g/mol. The van der Waals surface area contributed by atoms with Crippen LogP contribution in [0.5, 0.6) is 0 Å². The van der Waals surface area contributed by atoms with Crippen molar-refractivity contribution in [2.24, 2.45) is 0 Å². The van der Waals surface area contributed by atoms with E-state index in [1.165, 1.54) is 0 Å². The Morgan fingerprint density at radius 2 is 2.29 bits per heavy atom. The summed E-state index contributed by atoms with van der Waals surface area (Å²) in [7, 11) is 0.751. The Labute approximate surface area is 86.6 Å². The van der Waals surface area contributed by atoms with Crippen molar-refractivity contribution in [3.05, 3.63) is 29.8 Å². The fourth-order valence-electron chi connectivity index (χ4n) is 1.08. The molecular weight excluding hydrogens is 196 g/mol. The zero-order chi connectivity index (χ0) is 10.6. The van der Waals surface area contributed by atoms with Crippen LogP contribution in [-0.2, 0) is 11.0 Å². The molecule has 0 saturated heterocycles. The highest BCUT2D eigenvalue weighted by Gasteiger charge is 2.06. The van der Waals surface area contributed by atoms with Gasteiger partial charge in [0.2, 0.25) is 0 Å². The van der Waals surface area contributed by atoms with Gasteiger partial charge in [0.1, 0.15) is 11.0 Å². The van der Waals surface area contributed by atoms with Gasteiger partial charge in [-0.05, 0) is 18.2 Å². The molecule has 14 heavy (non-hydrogen) atoms. The molecule has 0 aliphatic carbocycles. The normalized spacial score (nSPS) is 11.8. The quantitative estimate of drug-likeness (QED) is 0.758. The lowest BCUT2D eigenvalue weighted by atomic mass is 10.2. The third-order valence-electron chi connectivity index (χ3n) is 1.89. The van der Waals surface area contributed by atoms with Crippen LogP contribution in [0.2, 0.25) is 0 Å². The molecule has 0 aliphatic rings. The van der Waals surface area contributed by atoms with Gasteiger partial charge in [-0.3, -0.25) is 4.31 Å². The van der Waals surface area contributed by atoms with Crippen molar-refractivity contribution in [1.29, 1.82) is 5.26 Å². The van der Waals surface area contributed by atoms with Crippen molar-refractivity contribution in [3.63, 3.8) is 0 Å². The maximum absolute atomic E-state index is 11.5. The van der Waals surface area contributed by atoms with Crippen LogP contribution < -0.4 is 4.31 Å². The molecule has 0 N–H and O–H groups in total. The molecule has 3 nitrogen and oxygen atoms in total. The topological polar surface area (TPSA) is 44.1 Å². The van der Waals surface area contributed by atoms with Gasteiger partial charge in [0.15, 0.2) is 0 Å². The smallest absolute Gasteiger partial charge is 0.119 e. The van der Waals surface area contributed by atoms with Crippen LogP contribution in [0.4, 0.5) is 5.69 Å².